The van der Waals surface area contributed by atoms with Gasteiger partial charge in [0.2, 0.25) is 0 Å². The van der Waals surface area contributed by atoms with Crippen molar-refractivity contribution in [2.24, 2.45) is 0 Å². The number of phenolic OH excluding ortho intramolecular Hbond substituents is 1. The van der Waals surface area contributed by atoms with E-state index in [9.17, 15) is 5.11 Å². The van der Waals surface area contributed by atoms with Gasteiger partial charge in [-0.15, -0.1) is 0 Å². The highest BCUT2D eigenvalue weighted by molar-refractivity contribution is 6.34. The summed E-state index contributed by atoms with van der Waals surface area (Å²) in [5, 5.41) is 15.9. The zero-order valence-electron chi connectivity index (χ0n) is 32.0. The molecule has 0 aliphatic carbocycles. The summed E-state index contributed by atoms with van der Waals surface area (Å²) in [6, 6.07) is 70.8. The molecule has 0 saturated heterocycles. The molecular weight excluding hydrogens is 719 g/mol. The zero-order valence-corrected chi connectivity index (χ0v) is 32.0. The van der Waals surface area contributed by atoms with Crippen molar-refractivity contribution in [2.75, 3.05) is 0 Å². The van der Waals surface area contributed by atoms with Crippen LogP contribution < -0.4 is 10.2 Å². The Morgan fingerprint density at radius 1 is 0.373 bits per heavy atom. The van der Waals surface area contributed by atoms with E-state index in [1.165, 1.54) is 21.5 Å². The molecule has 0 bridgehead atoms. The SMILES string of the molecule is [B]c1ccc(-c2cccc(-n3c4ccccc4c4ccccc43)c2)cc1Oc1cc(-c2cccc(-n3c4ccccc4c4ccccc43)c2)cc(-c2ccccc2O)c1. The zero-order chi connectivity index (χ0) is 39.5. The number of para-hydroxylation sites is 5. The lowest BCUT2D eigenvalue weighted by molar-refractivity contribution is 0.477. The lowest BCUT2D eigenvalue weighted by Crippen LogP contribution is -2.06. The number of fused-ring (bicyclic) bond motifs is 6. The highest BCUT2D eigenvalue weighted by atomic mass is 16.5. The molecule has 0 aliphatic rings. The van der Waals surface area contributed by atoms with Gasteiger partial charge in [0.25, 0.3) is 0 Å². The molecule has 1 N–H and O–H groups in total. The number of rotatable bonds is 7. The molecular formula is C54H35BN2O2. The molecule has 11 aromatic rings. The van der Waals surface area contributed by atoms with E-state index >= 15 is 0 Å². The molecule has 0 aliphatic heterocycles. The molecule has 11 rings (SSSR count). The molecule has 2 radical (unpaired) electrons. The molecule has 276 valence electrons. The van der Waals surface area contributed by atoms with Crippen molar-refractivity contribution in [3.05, 3.63) is 206 Å². The van der Waals surface area contributed by atoms with Gasteiger partial charge in [-0.05, 0) is 107 Å². The second-order valence-electron chi connectivity index (χ2n) is 15.0. The van der Waals surface area contributed by atoms with E-state index in [0.717, 1.165) is 61.3 Å². The molecule has 0 spiro atoms. The minimum Gasteiger partial charge on any atom is -0.507 e. The van der Waals surface area contributed by atoms with Crippen LogP contribution in [0, 0.1) is 0 Å². The van der Waals surface area contributed by atoms with Gasteiger partial charge in [-0.25, -0.2) is 0 Å². The topological polar surface area (TPSA) is 39.3 Å². The fourth-order valence-corrected chi connectivity index (χ4v) is 8.68. The maximum Gasteiger partial charge on any atom is 0.128 e. The van der Waals surface area contributed by atoms with Crippen LogP contribution in [0.5, 0.6) is 17.2 Å². The van der Waals surface area contributed by atoms with Gasteiger partial charge >= 0.3 is 0 Å². The van der Waals surface area contributed by atoms with Crippen molar-refractivity contribution in [3.8, 4) is 62.0 Å². The Morgan fingerprint density at radius 2 is 0.831 bits per heavy atom. The average Bonchev–Trinajstić information content (AvgIpc) is 3.80. The Bertz CT molecular complexity index is 3310. The molecule has 9 aromatic carbocycles. The van der Waals surface area contributed by atoms with E-state index in [1.807, 2.05) is 48.5 Å². The lowest BCUT2D eigenvalue weighted by atomic mass is 9.92. The molecule has 5 heteroatoms. The first-order valence-electron chi connectivity index (χ1n) is 19.8. The van der Waals surface area contributed by atoms with Gasteiger partial charge in [0.15, 0.2) is 0 Å². The molecule has 2 heterocycles. The van der Waals surface area contributed by atoms with Gasteiger partial charge in [0, 0.05) is 38.5 Å². The maximum absolute atomic E-state index is 11.0. The summed E-state index contributed by atoms with van der Waals surface area (Å²) in [6.45, 7) is 0. The van der Waals surface area contributed by atoms with E-state index in [2.05, 4.69) is 161 Å². The molecule has 0 saturated carbocycles. The lowest BCUT2D eigenvalue weighted by Gasteiger charge is -2.16. The number of ether oxygens (including phenoxy) is 1. The van der Waals surface area contributed by atoms with Gasteiger partial charge in [0.05, 0.1) is 22.1 Å². The summed E-state index contributed by atoms with van der Waals surface area (Å²) in [4.78, 5) is 0. The average molecular weight is 755 g/mol. The Balaban J connectivity index is 1.00. The third kappa shape index (κ3) is 5.95. The summed E-state index contributed by atoms with van der Waals surface area (Å²) < 4.78 is 11.4. The highest BCUT2D eigenvalue weighted by Crippen LogP contribution is 2.39. The number of hydrogen-bond acceptors (Lipinski definition) is 2. The first-order valence-corrected chi connectivity index (χ1v) is 19.8. The number of hydrogen-bond donors (Lipinski definition) is 1. The minimum atomic E-state index is 0.194. The predicted molar refractivity (Wildman–Crippen MR) is 245 cm³/mol. The number of aromatic nitrogens is 2. The van der Waals surface area contributed by atoms with Crippen LogP contribution >= 0.6 is 0 Å². The van der Waals surface area contributed by atoms with Gasteiger partial charge in [-0.2, -0.15) is 0 Å². The molecule has 0 fully saturated rings. The molecule has 59 heavy (non-hydrogen) atoms. The Hall–Kier alpha value is -7.76. The van der Waals surface area contributed by atoms with Gasteiger partial charge in [-0.3, -0.25) is 0 Å². The maximum atomic E-state index is 11.0. The molecule has 0 atom stereocenters. The van der Waals surface area contributed by atoms with Crippen LogP contribution in [0.15, 0.2) is 206 Å². The second-order valence-corrected chi connectivity index (χ2v) is 15.0. The van der Waals surface area contributed by atoms with Crippen LogP contribution in [0.1, 0.15) is 0 Å². The smallest absolute Gasteiger partial charge is 0.128 e. The van der Waals surface area contributed by atoms with E-state index in [4.69, 9.17) is 12.6 Å². The van der Waals surface area contributed by atoms with Crippen molar-refractivity contribution in [1.29, 1.82) is 0 Å². The summed E-state index contributed by atoms with van der Waals surface area (Å²) in [7, 11) is 6.66. The number of aromatic hydroxyl groups is 1. The molecule has 0 unspecified atom stereocenters. The fraction of sp³-hybridized carbons (Fsp3) is 0. The van der Waals surface area contributed by atoms with Crippen molar-refractivity contribution in [2.45, 2.75) is 0 Å². The number of nitrogens with zero attached hydrogens (tertiary/aromatic N) is 2. The summed E-state index contributed by atoms with van der Waals surface area (Å²) in [5.74, 6) is 1.34. The summed E-state index contributed by atoms with van der Waals surface area (Å²) in [5.41, 5.74) is 12.8. The quantitative estimate of drug-likeness (QED) is 0.165. The Labute approximate surface area is 342 Å². The van der Waals surface area contributed by atoms with Crippen LogP contribution in [0.3, 0.4) is 0 Å². The van der Waals surface area contributed by atoms with E-state index in [1.54, 1.807) is 6.07 Å². The van der Waals surface area contributed by atoms with E-state index in [-0.39, 0.29) is 5.75 Å². The Kier molecular flexibility index (Phi) is 8.19. The molecule has 2 aromatic heterocycles. The first kappa shape index (κ1) is 34.5. The second kappa shape index (κ2) is 14.0. The van der Waals surface area contributed by atoms with Crippen molar-refractivity contribution in [1.82, 2.24) is 9.13 Å². The molecule has 0 amide bonds. The van der Waals surface area contributed by atoms with Crippen LogP contribution in [0.25, 0.3) is 88.4 Å². The van der Waals surface area contributed by atoms with Crippen LogP contribution in [-0.2, 0) is 0 Å². The summed E-state index contributed by atoms with van der Waals surface area (Å²) >= 11 is 0. The van der Waals surface area contributed by atoms with Crippen molar-refractivity contribution >= 4 is 56.9 Å². The van der Waals surface area contributed by atoms with Gasteiger partial charge in [0.1, 0.15) is 25.1 Å². The predicted octanol–water partition coefficient (Wildman–Crippen LogP) is 13.2. The van der Waals surface area contributed by atoms with E-state index in [0.29, 0.717) is 22.5 Å². The van der Waals surface area contributed by atoms with Gasteiger partial charge in [-0.1, -0.05) is 133 Å². The molecule has 4 nitrogen and oxygen atoms in total. The number of benzene rings is 9. The third-order valence-corrected chi connectivity index (χ3v) is 11.4. The largest absolute Gasteiger partial charge is 0.507 e. The summed E-state index contributed by atoms with van der Waals surface area (Å²) in [6.07, 6.45) is 0. The standard InChI is InChI=1S/C54H35BN2O2/c55-48-28-27-37(35-13-11-15-40(30-35)56-49-22-6-1-18-44(49)45-19-2-7-23-50(45)56)34-54(48)59-42-32-38(29-39(33-42)43-17-5-10-26-53(43)58)36-14-12-16-41(31-36)57-51-24-8-3-20-46(51)47-21-4-9-25-52(47)57/h1-34,58H. The van der Waals surface area contributed by atoms with Gasteiger partial charge < -0.3 is 19.0 Å². The third-order valence-electron chi connectivity index (χ3n) is 11.4. The highest BCUT2D eigenvalue weighted by Gasteiger charge is 2.16. The van der Waals surface area contributed by atoms with Crippen LogP contribution in [0.4, 0.5) is 0 Å². The monoisotopic (exact) mass is 754 g/mol. The van der Waals surface area contributed by atoms with Crippen LogP contribution in [0.2, 0.25) is 0 Å². The van der Waals surface area contributed by atoms with E-state index < -0.39 is 0 Å². The number of phenols is 1. The minimum absolute atomic E-state index is 0.194. The van der Waals surface area contributed by atoms with Crippen molar-refractivity contribution in [3.63, 3.8) is 0 Å². The normalized spacial score (nSPS) is 11.5. The first-order chi connectivity index (χ1) is 29.1. The fourth-order valence-electron chi connectivity index (χ4n) is 8.68. The van der Waals surface area contributed by atoms with Crippen molar-refractivity contribution < 1.29 is 9.84 Å². The van der Waals surface area contributed by atoms with Crippen LogP contribution in [-0.4, -0.2) is 22.1 Å². The Morgan fingerprint density at radius 3 is 1.37 bits per heavy atom.